The van der Waals surface area contributed by atoms with Crippen LogP contribution in [0.5, 0.6) is 0 Å². The molecule has 0 radical (unpaired) electrons. The van der Waals surface area contributed by atoms with Crippen molar-refractivity contribution in [2.24, 2.45) is 0 Å². The largest absolute Gasteiger partial charge is 0.348 e. The molecule has 2 aromatic heterocycles. The molecule has 5 rings (SSSR count). The first kappa shape index (κ1) is 15.8. The van der Waals surface area contributed by atoms with Crippen LogP contribution < -0.4 is 0 Å². The van der Waals surface area contributed by atoms with E-state index in [2.05, 4.69) is 56.6 Å². The zero-order valence-corrected chi connectivity index (χ0v) is 14.8. The summed E-state index contributed by atoms with van der Waals surface area (Å²) in [4.78, 5) is 21.6. The van der Waals surface area contributed by atoms with Gasteiger partial charge in [-0.25, -0.2) is 4.98 Å². The number of nitrogens with zero attached hydrogens (tertiary/aromatic N) is 3. The normalized spacial score (nSPS) is 13.7. The van der Waals surface area contributed by atoms with Crippen LogP contribution in [-0.4, -0.2) is 37.5 Å². The number of aromatic amines is 2. The number of rotatable bonds is 3. The average molecular weight is 357 g/mol. The van der Waals surface area contributed by atoms with Gasteiger partial charge < -0.3 is 9.88 Å². The summed E-state index contributed by atoms with van der Waals surface area (Å²) in [5, 5.41) is 8.41. The second-order valence-corrected chi connectivity index (χ2v) is 6.90. The molecule has 0 spiro atoms. The van der Waals surface area contributed by atoms with Gasteiger partial charge in [0.25, 0.3) is 0 Å². The van der Waals surface area contributed by atoms with Gasteiger partial charge in [0.15, 0.2) is 0 Å². The molecule has 0 unspecified atom stereocenters. The summed E-state index contributed by atoms with van der Waals surface area (Å²) in [7, 11) is 0. The van der Waals surface area contributed by atoms with Gasteiger partial charge in [0, 0.05) is 35.9 Å². The second kappa shape index (κ2) is 6.39. The van der Waals surface area contributed by atoms with E-state index in [4.69, 9.17) is 0 Å². The van der Waals surface area contributed by atoms with Crippen LogP contribution >= 0.6 is 0 Å². The zero-order valence-electron chi connectivity index (χ0n) is 14.8. The van der Waals surface area contributed by atoms with Gasteiger partial charge in [-0.15, -0.1) is 0 Å². The fraction of sp³-hybridized carbons (Fsp3) is 0.190. The van der Waals surface area contributed by atoms with E-state index in [0.29, 0.717) is 13.0 Å². The Morgan fingerprint density at radius 1 is 1.11 bits per heavy atom. The van der Waals surface area contributed by atoms with Crippen LogP contribution in [0.2, 0.25) is 0 Å². The Kier molecular flexibility index (Phi) is 3.74. The molecule has 0 bridgehead atoms. The van der Waals surface area contributed by atoms with Gasteiger partial charge in [-0.3, -0.25) is 9.89 Å². The van der Waals surface area contributed by atoms with Gasteiger partial charge in [-0.1, -0.05) is 36.4 Å². The molecule has 0 aliphatic carbocycles. The molecule has 0 saturated carbocycles. The van der Waals surface area contributed by atoms with Crippen molar-refractivity contribution in [3.8, 4) is 11.1 Å². The van der Waals surface area contributed by atoms with Gasteiger partial charge >= 0.3 is 0 Å². The first-order chi connectivity index (χ1) is 13.3. The number of imidazole rings is 1. The van der Waals surface area contributed by atoms with Gasteiger partial charge in [-0.2, -0.15) is 5.10 Å². The van der Waals surface area contributed by atoms with Crippen LogP contribution in [0.3, 0.4) is 0 Å². The smallest absolute Gasteiger partial charge is 0.228 e. The van der Waals surface area contributed by atoms with Crippen LogP contribution in [0.1, 0.15) is 16.8 Å². The molecule has 6 heteroatoms. The highest BCUT2D eigenvalue weighted by Gasteiger charge is 2.23. The van der Waals surface area contributed by atoms with Crippen molar-refractivity contribution < 1.29 is 4.79 Å². The number of fused-ring (bicyclic) bond motifs is 2. The molecule has 134 valence electrons. The topological polar surface area (TPSA) is 77.7 Å². The van der Waals surface area contributed by atoms with Crippen molar-refractivity contribution in [3.63, 3.8) is 0 Å². The lowest BCUT2D eigenvalue weighted by molar-refractivity contribution is -0.131. The first-order valence-corrected chi connectivity index (χ1v) is 9.08. The quantitative estimate of drug-likeness (QED) is 0.591. The molecule has 3 heterocycles. The lowest BCUT2D eigenvalue weighted by Crippen LogP contribution is -2.37. The molecule has 2 N–H and O–H groups in total. The Morgan fingerprint density at radius 3 is 2.89 bits per heavy atom. The third-order valence-electron chi connectivity index (χ3n) is 5.28. The number of nitrogens with one attached hydrogen (secondary N) is 2. The summed E-state index contributed by atoms with van der Waals surface area (Å²) in [5.74, 6) is 0.131. The zero-order chi connectivity index (χ0) is 18.2. The van der Waals surface area contributed by atoms with E-state index in [9.17, 15) is 4.79 Å². The van der Waals surface area contributed by atoms with Crippen LogP contribution in [0.4, 0.5) is 0 Å². The number of carbonyl (C=O) groups is 1. The molecule has 1 aliphatic rings. The predicted molar refractivity (Wildman–Crippen MR) is 103 cm³/mol. The number of hydrogen-bond donors (Lipinski definition) is 2. The molecular weight excluding hydrogens is 338 g/mol. The highest BCUT2D eigenvalue weighted by atomic mass is 16.2. The summed E-state index contributed by atoms with van der Waals surface area (Å²) in [6.45, 7) is 1.38. The van der Waals surface area contributed by atoms with E-state index in [1.165, 1.54) is 22.3 Å². The van der Waals surface area contributed by atoms with E-state index in [1.54, 1.807) is 12.5 Å². The minimum atomic E-state index is 0.131. The molecule has 27 heavy (non-hydrogen) atoms. The highest BCUT2D eigenvalue weighted by Crippen LogP contribution is 2.34. The Labute approximate surface area is 156 Å². The Balaban J connectivity index is 1.46. The van der Waals surface area contributed by atoms with Crippen molar-refractivity contribution in [1.82, 2.24) is 25.1 Å². The summed E-state index contributed by atoms with van der Waals surface area (Å²) >= 11 is 0. The molecule has 0 fully saturated rings. The minimum Gasteiger partial charge on any atom is -0.348 e. The predicted octanol–water partition coefficient (Wildman–Crippen LogP) is 3.08. The monoisotopic (exact) mass is 357 g/mol. The second-order valence-electron chi connectivity index (χ2n) is 6.90. The molecule has 1 amide bonds. The molecule has 4 aromatic rings. The minimum absolute atomic E-state index is 0.131. The summed E-state index contributed by atoms with van der Waals surface area (Å²) in [6, 6.07) is 12.6. The van der Waals surface area contributed by atoms with Crippen molar-refractivity contribution in [2.75, 3.05) is 6.54 Å². The lowest BCUT2D eigenvalue weighted by atomic mass is 9.90. The number of hydrogen-bond acceptors (Lipinski definition) is 3. The van der Waals surface area contributed by atoms with E-state index >= 15 is 0 Å². The van der Waals surface area contributed by atoms with E-state index in [0.717, 1.165) is 29.6 Å². The first-order valence-electron chi connectivity index (χ1n) is 9.08. The van der Waals surface area contributed by atoms with Crippen molar-refractivity contribution in [2.45, 2.75) is 19.4 Å². The lowest BCUT2D eigenvalue weighted by Gasteiger charge is -2.30. The molecule has 0 saturated heterocycles. The molecule has 2 aromatic carbocycles. The third kappa shape index (κ3) is 2.79. The van der Waals surface area contributed by atoms with Crippen LogP contribution in [0.15, 0.2) is 55.1 Å². The fourth-order valence-electron chi connectivity index (χ4n) is 3.92. The van der Waals surface area contributed by atoms with Crippen LogP contribution in [-0.2, 0) is 24.2 Å². The maximum Gasteiger partial charge on any atom is 0.228 e. The Morgan fingerprint density at radius 2 is 2.00 bits per heavy atom. The van der Waals surface area contributed by atoms with Crippen molar-refractivity contribution in [1.29, 1.82) is 0 Å². The number of aromatic nitrogens is 4. The van der Waals surface area contributed by atoms with E-state index in [1.807, 2.05) is 11.1 Å². The number of benzene rings is 2. The summed E-state index contributed by atoms with van der Waals surface area (Å²) < 4.78 is 0. The highest BCUT2D eigenvalue weighted by molar-refractivity contribution is 5.94. The van der Waals surface area contributed by atoms with Crippen molar-refractivity contribution in [3.05, 3.63) is 71.9 Å². The maximum absolute atomic E-state index is 12.6. The molecular formula is C21H19N5O. The number of H-pyrrole nitrogens is 2. The number of para-hydroxylation sites is 1. The Hall–Kier alpha value is -3.41. The third-order valence-corrected chi connectivity index (χ3v) is 5.28. The van der Waals surface area contributed by atoms with Crippen LogP contribution in [0.25, 0.3) is 22.0 Å². The van der Waals surface area contributed by atoms with E-state index in [-0.39, 0.29) is 5.91 Å². The fourth-order valence-corrected chi connectivity index (χ4v) is 3.92. The molecule has 0 atom stereocenters. The average Bonchev–Trinajstić information content (AvgIpc) is 3.38. The van der Waals surface area contributed by atoms with Gasteiger partial charge in [0.1, 0.15) is 0 Å². The SMILES string of the molecule is O=C(Cc1cnc[nH]1)N1CCc2c(cccc2-c2cccc3cn[nH]c23)C1. The maximum atomic E-state index is 12.6. The standard InChI is InChI=1S/C21H19N5O/c27-20(9-16-11-22-13-23-16)26-8-7-17-15(12-26)4-2-5-18(17)19-6-1-3-14-10-24-25-21(14)19/h1-6,10-11,13H,7-9,12H2,(H,22,23)(H,24,25). The Bertz CT molecular complexity index is 1110. The number of carbonyl (C=O) groups excluding carboxylic acids is 1. The van der Waals surface area contributed by atoms with Gasteiger partial charge in [0.05, 0.1) is 24.5 Å². The van der Waals surface area contributed by atoms with Crippen molar-refractivity contribution >= 4 is 16.8 Å². The summed E-state index contributed by atoms with van der Waals surface area (Å²) in [6.07, 6.45) is 6.38. The van der Waals surface area contributed by atoms with Gasteiger partial charge in [-0.05, 0) is 23.1 Å². The number of amides is 1. The van der Waals surface area contributed by atoms with E-state index < -0.39 is 0 Å². The molecule has 6 nitrogen and oxygen atoms in total. The molecule has 1 aliphatic heterocycles. The summed E-state index contributed by atoms with van der Waals surface area (Å²) in [5.41, 5.74) is 6.84. The van der Waals surface area contributed by atoms with Crippen LogP contribution in [0, 0.1) is 0 Å². The van der Waals surface area contributed by atoms with Gasteiger partial charge in [0.2, 0.25) is 5.91 Å².